The van der Waals surface area contributed by atoms with Crippen LogP contribution in [0.2, 0.25) is 0 Å². The number of methoxy groups -OCH3 is 2. The molecule has 1 heterocycles. The van der Waals surface area contributed by atoms with Gasteiger partial charge in [0.25, 0.3) is 0 Å². The molecule has 0 radical (unpaired) electrons. The number of rotatable bonds is 5. The maximum Gasteiger partial charge on any atom is 0.161 e. The fraction of sp³-hybridized carbons (Fsp3) is 0.400. The van der Waals surface area contributed by atoms with Crippen molar-refractivity contribution in [2.24, 2.45) is 0 Å². The molecule has 1 aliphatic rings. The molecule has 122 valence electrons. The van der Waals surface area contributed by atoms with E-state index in [0.717, 1.165) is 35.6 Å². The minimum atomic E-state index is 0.555. The summed E-state index contributed by atoms with van der Waals surface area (Å²) in [6.45, 7) is 7.79. The molecule has 3 nitrogen and oxygen atoms in total. The highest BCUT2D eigenvalue weighted by atomic mass is 16.5. The maximum absolute atomic E-state index is 5.48. The van der Waals surface area contributed by atoms with Gasteiger partial charge < -0.3 is 14.0 Å². The standard InChI is InChI=1S/C20H26NO2/c1-15(2)21(12-16-8-6-5-7-9-16)13-17-10-19(22-3)20(23-4)11-18(17)14-21/h5-11,15H,12-14H2,1-4H3/q+1. The van der Waals surface area contributed by atoms with Crippen LogP contribution in [0.5, 0.6) is 11.5 Å². The normalized spacial score (nSPS) is 15.5. The van der Waals surface area contributed by atoms with Gasteiger partial charge in [0.05, 0.1) is 20.3 Å². The van der Waals surface area contributed by atoms with Crippen molar-refractivity contribution in [2.75, 3.05) is 14.2 Å². The second-order valence-electron chi connectivity index (χ2n) is 6.75. The third-order valence-corrected chi connectivity index (χ3v) is 5.11. The van der Waals surface area contributed by atoms with Gasteiger partial charge in [0.2, 0.25) is 0 Å². The van der Waals surface area contributed by atoms with Crippen LogP contribution in [0.4, 0.5) is 0 Å². The van der Waals surface area contributed by atoms with Gasteiger partial charge in [-0.3, -0.25) is 0 Å². The zero-order valence-corrected chi connectivity index (χ0v) is 14.5. The minimum Gasteiger partial charge on any atom is -0.493 e. The van der Waals surface area contributed by atoms with Crippen LogP contribution in [0.15, 0.2) is 42.5 Å². The first-order valence-electron chi connectivity index (χ1n) is 8.21. The van der Waals surface area contributed by atoms with E-state index in [2.05, 4.69) is 56.3 Å². The van der Waals surface area contributed by atoms with Crippen LogP contribution in [0, 0.1) is 0 Å². The van der Waals surface area contributed by atoms with Crippen molar-refractivity contribution in [3.63, 3.8) is 0 Å². The van der Waals surface area contributed by atoms with E-state index in [-0.39, 0.29) is 0 Å². The van der Waals surface area contributed by atoms with E-state index in [1.165, 1.54) is 16.7 Å². The SMILES string of the molecule is COc1cc2c(cc1OC)C[N+](Cc1ccccc1)(C(C)C)C2. The van der Waals surface area contributed by atoms with Gasteiger partial charge >= 0.3 is 0 Å². The van der Waals surface area contributed by atoms with Crippen molar-refractivity contribution in [3.05, 3.63) is 59.2 Å². The number of ether oxygens (including phenoxy) is 2. The number of hydrogen-bond donors (Lipinski definition) is 0. The predicted octanol–water partition coefficient (Wildman–Crippen LogP) is 4.14. The van der Waals surface area contributed by atoms with E-state index in [4.69, 9.17) is 9.47 Å². The fourth-order valence-corrected chi connectivity index (χ4v) is 3.60. The molecule has 0 N–H and O–H groups in total. The molecule has 3 rings (SSSR count). The van der Waals surface area contributed by atoms with E-state index in [1.807, 2.05) is 0 Å². The lowest BCUT2D eigenvalue weighted by Gasteiger charge is -2.38. The molecule has 0 amide bonds. The van der Waals surface area contributed by atoms with E-state index in [0.29, 0.717) is 6.04 Å². The molecule has 0 fully saturated rings. The average Bonchev–Trinajstić information content (AvgIpc) is 2.92. The third kappa shape index (κ3) is 2.93. The molecule has 0 saturated carbocycles. The van der Waals surface area contributed by atoms with Crippen molar-refractivity contribution in [2.45, 2.75) is 39.5 Å². The molecule has 0 aliphatic carbocycles. The van der Waals surface area contributed by atoms with Gasteiger partial charge in [-0.2, -0.15) is 0 Å². The molecule has 0 atom stereocenters. The first-order valence-corrected chi connectivity index (χ1v) is 8.21. The quantitative estimate of drug-likeness (QED) is 0.772. The highest BCUT2D eigenvalue weighted by molar-refractivity contribution is 5.48. The first kappa shape index (κ1) is 15.9. The summed E-state index contributed by atoms with van der Waals surface area (Å²) in [5, 5.41) is 0. The smallest absolute Gasteiger partial charge is 0.161 e. The zero-order chi connectivity index (χ0) is 16.4. The number of nitrogens with zero attached hydrogens (tertiary/aromatic N) is 1. The van der Waals surface area contributed by atoms with Gasteiger partial charge in [0.15, 0.2) is 11.5 Å². The van der Waals surface area contributed by atoms with Gasteiger partial charge in [0, 0.05) is 16.7 Å². The Morgan fingerprint density at radius 3 is 1.87 bits per heavy atom. The zero-order valence-electron chi connectivity index (χ0n) is 14.5. The summed E-state index contributed by atoms with van der Waals surface area (Å²) < 4.78 is 12.0. The van der Waals surface area contributed by atoms with Crippen LogP contribution in [0.1, 0.15) is 30.5 Å². The second-order valence-corrected chi connectivity index (χ2v) is 6.75. The van der Waals surface area contributed by atoms with Crippen LogP contribution < -0.4 is 9.47 Å². The molecule has 0 unspecified atom stereocenters. The van der Waals surface area contributed by atoms with Crippen LogP contribution in [0.25, 0.3) is 0 Å². The van der Waals surface area contributed by atoms with Gasteiger partial charge in [0.1, 0.15) is 19.6 Å². The lowest BCUT2D eigenvalue weighted by atomic mass is 10.1. The van der Waals surface area contributed by atoms with Crippen LogP contribution >= 0.6 is 0 Å². The summed E-state index contributed by atoms with van der Waals surface area (Å²) in [5.74, 6) is 1.66. The van der Waals surface area contributed by atoms with Crippen LogP contribution in [-0.2, 0) is 19.6 Å². The molecule has 0 aromatic heterocycles. The van der Waals surface area contributed by atoms with Crippen molar-refractivity contribution in [1.82, 2.24) is 0 Å². The Bertz CT molecular complexity index is 647. The highest BCUT2D eigenvalue weighted by Gasteiger charge is 2.39. The average molecular weight is 312 g/mol. The number of benzene rings is 2. The summed E-state index contributed by atoms with van der Waals surface area (Å²) in [6, 6.07) is 15.7. The number of hydrogen-bond acceptors (Lipinski definition) is 2. The van der Waals surface area contributed by atoms with E-state index >= 15 is 0 Å². The van der Waals surface area contributed by atoms with E-state index < -0.39 is 0 Å². The molecule has 23 heavy (non-hydrogen) atoms. The molecule has 0 saturated heterocycles. The number of fused-ring (bicyclic) bond motifs is 1. The monoisotopic (exact) mass is 312 g/mol. The Morgan fingerprint density at radius 1 is 0.913 bits per heavy atom. The molecular weight excluding hydrogens is 286 g/mol. The molecule has 1 aliphatic heterocycles. The van der Waals surface area contributed by atoms with E-state index in [9.17, 15) is 0 Å². The molecule has 0 spiro atoms. The first-order chi connectivity index (χ1) is 11.1. The predicted molar refractivity (Wildman–Crippen MR) is 92.5 cm³/mol. The summed E-state index contributed by atoms with van der Waals surface area (Å²) in [5.41, 5.74) is 4.16. The molecular formula is C20H26NO2+. The lowest BCUT2D eigenvalue weighted by molar-refractivity contribution is -0.978. The fourth-order valence-electron chi connectivity index (χ4n) is 3.60. The molecule has 2 aromatic carbocycles. The summed E-state index contributed by atoms with van der Waals surface area (Å²) in [7, 11) is 3.40. The summed E-state index contributed by atoms with van der Waals surface area (Å²) >= 11 is 0. The van der Waals surface area contributed by atoms with Crippen LogP contribution in [-0.4, -0.2) is 24.7 Å². The Balaban J connectivity index is 1.95. The number of quaternary nitrogens is 1. The molecule has 2 aromatic rings. The topological polar surface area (TPSA) is 18.5 Å². The van der Waals surface area contributed by atoms with Gasteiger partial charge in [-0.05, 0) is 26.0 Å². The van der Waals surface area contributed by atoms with Crippen molar-refractivity contribution < 1.29 is 14.0 Å². The van der Waals surface area contributed by atoms with Crippen molar-refractivity contribution >= 4 is 0 Å². The summed E-state index contributed by atoms with van der Waals surface area (Å²) in [6.07, 6.45) is 0. The largest absolute Gasteiger partial charge is 0.493 e. The Morgan fingerprint density at radius 2 is 1.43 bits per heavy atom. The molecule has 3 heteroatoms. The molecule has 0 bridgehead atoms. The van der Waals surface area contributed by atoms with Gasteiger partial charge in [-0.25, -0.2) is 0 Å². The highest BCUT2D eigenvalue weighted by Crippen LogP contribution is 2.40. The Labute approximate surface area is 139 Å². The summed E-state index contributed by atoms with van der Waals surface area (Å²) in [4.78, 5) is 0. The third-order valence-electron chi connectivity index (χ3n) is 5.11. The maximum atomic E-state index is 5.48. The van der Waals surface area contributed by atoms with Gasteiger partial charge in [-0.1, -0.05) is 30.3 Å². The van der Waals surface area contributed by atoms with Crippen molar-refractivity contribution in [3.8, 4) is 11.5 Å². The van der Waals surface area contributed by atoms with Crippen LogP contribution in [0.3, 0.4) is 0 Å². The second kappa shape index (κ2) is 6.25. The lowest BCUT2D eigenvalue weighted by Crippen LogP contribution is -2.47. The minimum absolute atomic E-state index is 0.555. The van der Waals surface area contributed by atoms with Gasteiger partial charge in [-0.15, -0.1) is 0 Å². The Kier molecular flexibility index (Phi) is 4.31. The Hall–Kier alpha value is -2.00. The van der Waals surface area contributed by atoms with Crippen molar-refractivity contribution in [1.29, 1.82) is 0 Å². The van der Waals surface area contributed by atoms with E-state index in [1.54, 1.807) is 14.2 Å².